The number of likely N-dealkylation sites (tertiary alicyclic amines) is 1. The summed E-state index contributed by atoms with van der Waals surface area (Å²) in [5, 5.41) is 34.1. The van der Waals surface area contributed by atoms with Crippen LogP contribution in [0.4, 0.5) is 19.0 Å². The van der Waals surface area contributed by atoms with Crippen LogP contribution >= 0.6 is 0 Å². The predicted octanol–water partition coefficient (Wildman–Crippen LogP) is 4.39. The molecule has 1 saturated heterocycles. The average Bonchev–Trinajstić information content (AvgIpc) is 2.89. The molecule has 0 radical (unpaired) electrons. The number of rotatable bonds is 7. The predicted molar refractivity (Wildman–Crippen MR) is 136 cm³/mol. The van der Waals surface area contributed by atoms with Crippen LogP contribution in [0.5, 0.6) is 5.75 Å². The van der Waals surface area contributed by atoms with Crippen molar-refractivity contribution in [3.8, 4) is 5.75 Å². The summed E-state index contributed by atoms with van der Waals surface area (Å²) in [7, 11) is 1.49. The van der Waals surface area contributed by atoms with Crippen molar-refractivity contribution in [3.63, 3.8) is 0 Å². The van der Waals surface area contributed by atoms with Gasteiger partial charge in [0.2, 0.25) is 0 Å². The molecule has 0 aliphatic carbocycles. The molecular formula is C27H31F3N4O4. The fourth-order valence-electron chi connectivity index (χ4n) is 4.93. The number of nitrogens with one attached hydrogen (secondary N) is 1. The molecule has 0 bridgehead atoms. The fraction of sp³-hybridized carbons (Fsp3) is 0.444. The number of hydrogen-bond acceptors (Lipinski definition) is 7. The molecule has 0 unspecified atom stereocenters. The quantitative estimate of drug-likeness (QED) is 0.414. The van der Waals surface area contributed by atoms with Gasteiger partial charge in [0.25, 0.3) is 12.3 Å². The van der Waals surface area contributed by atoms with E-state index in [1.807, 2.05) is 0 Å². The van der Waals surface area contributed by atoms with Gasteiger partial charge in [-0.3, -0.25) is 4.79 Å². The molecule has 38 heavy (non-hydrogen) atoms. The van der Waals surface area contributed by atoms with Crippen LogP contribution in [0.2, 0.25) is 0 Å². The highest BCUT2D eigenvalue weighted by molar-refractivity contribution is 5.95. The zero-order valence-corrected chi connectivity index (χ0v) is 21.6. The molecule has 0 saturated carbocycles. The van der Waals surface area contributed by atoms with E-state index in [2.05, 4.69) is 15.5 Å². The number of aliphatic hydroxyl groups is 2. The molecule has 204 valence electrons. The fourth-order valence-corrected chi connectivity index (χ4v) is 4.93. The molecule has 1 aliphatic rings. The number of aryl methyl sites for hydroxylation is 1. The van der Waals surface area contributed by atoms with Gasteiger partial charge in [-0.25, -0.2) is 13.2 Å². The number of fused-ring (bicyclic) bond motifs is 1. The van der Waals surface area contributed by atoms with Crippen molar-refractivity contribution in [1.29, 1.82) is 0 Å². The van der Waals surface area contributed by atoms with Crippen molar-refractivity contribution in [3.05, 3.63) is 58.5 Å². The van der Waals surface area contributed by atoms with Crippen LogP contribution in [0.15, 0.2) is 30.3 Å². The van der Waals surface area contributed by atoms with Crippen LogP contribution in [0, 0.1) is 12.7 Å². The van der Waals surface area contributed by atoms with Gasteiger partial charge >= 0.3 is 0 Å². The van der Waals surface area contributed by atoms with Crippen LogP contribution in [0.25, 0.3) is 10.8 Å². The molecule has 0 spiro atoms. The molecule has 2 aromatic carbocycles. The lowest BCUT2D eigenvalue weighted by molar-refractivity contribution is -0.143. The Morgan fingerprint density at radius 2 is 1.79 bits per heavy atom. The average molecular weight is 533 g/mol. The van der Waals surface area contributed by atoms with E-state index in [-0.39, 0.29) is 37.3 Å². The lowest BCUT2D eigenvalue weighted by Crippen LogP contribution is -2.48. The number of carbonyl (C=O) groups is 1. The second-order valence-corrected chi connectivity index (χ2v) is 9.68. The summed E-state index contributed by atoms with van der Waals surface area (Å²) < 4.78 is 46.9. The van der Waals surface area contributed by atoms with Gasteiger partial charge in [0.1, 0.15) is 17.7 Å². The maximum Gasteiger partial charge on any atom is 0.266 e. The van der Waals surface area contributed by atoms with Gasteiger partial charge in [-0.15, -0.1) is 5.10 Å². The molecular weight excluding hydrogens is 501 g/mol. The normalized spacial score (nSPS) is 16.9. The highest BCUT2D eigenvalue weighted by atomic mass is 19.3. The molecule has 4 rings (SSSR count). The van der Waals surface area contributed by atoms with Crippen LogP contribution in [0.3, 0.4) is 0 Å². The monoisotopic (exact) mass is 532 g/mol. The van der Waals surface area contributed by atoms with Gasteiger partial charge in [-0.05, 0) is 45.7 Å². The summed E-state index contributed by atoms with van der Waals surface area (Å²) in [6, 6.07) is 6.62. The number of aromatic nitrogens is 2. The SMILES string of the molecule is COc1cc2c(C)nnc(N[C@H](C)c3cccc(C(F)F)c3F)c2cc1C1(O)CCN(C(=O)[C@H](C)O)CC1. The molecule has 3 aromatic rings. The van der Waals surface area contributed by atoms with E-state index >= 15 is 0 Å². The van der Waals surface area contributed by atoms with Crippen LogP contribution in [0.1, 0.15) is 61.5 Å². The number of halogens is 3. The minimum absolute atomic E-state index is 0.0563. The first kappa shape index (κ1) is 27.6. The lowest BCUT2D eigenvalue weighted by Gasteiger charge is -2.39. The highest BCUT2D eigenvalue weighted by Crippen LogP contribution is 2.42. The summed E-state index contributed by atoms with van der Waals surface area (Å²) in [5.74, 6) is -0.663. The number of methoxy groups -OCH3 is 1. The second kappa shape index (κ2) is 10.7. The maximum atomic E-state index is 14.8. The van der Waals surface area contributed by atoms with Crippen molar-refractivity contribution in [2.75, 3.05) is 25.5 Å². The van der Waals surface area contributed by atoms with E-state index in [0.717, 1.165) is 6.07 Å². The minimum atomic E-state index is -2.94. The van der Waals surface area contributed by atoms with Crippen molar-refractivity contribution in [2.45, 2.75) is 57.8 Å². The molecule has 2 atom stereocenters. The van der Waals surface area contributed by atoms with Crippen LogP contribution < -0.4 is 10.1 Å². The largest absolute Gasteiger partial charge is 0.496 e. The van der Waals surface area contributed by atoms with Gasteiger partial charge < -0.3 is 25.2 Å². The summed E-state index contributed by atoms with van der Waals surface area (Å²) in [6.45, 7) is 5.30. The number of nitrogens with zero attached hydrogens (tertiary/aromatic N) is 3. The van der Waals surface area contributed by atoms with Crippen molar-refractivity contribution < 1.29 is 32.9 Å². The van der Waals surface area contributed by atoms with E-state index in [9.17, 15) is 28.2 Å². The number of hydrogen-bond donors (Lipinski definition) is 3. The topological polar surface area (TPSA) is 108 Å². The number of ether oxygens (including phenoxy) is 1. The Hall–Kier alpha value is -3.44. The third kappa shape index (κ3) is 5.12. The molecule has 1 amide bonds. The van der Waals surface area contributed by atoms with Crippen LogP contribution in [-0.2, 0) is 10.4 Å². The summed E-state index contributed by atoms with van der Waals surface area (Å²) in [6.07, 6.45) is -3.63. The number of aliphatic hydroxyl groups excluding tert-OH is 1. The van der Waals surface area contributed by atoms with E-state index < -0.39 is 41.5 Å². The molecule has 3 N–H and O–H groups in total. The summed E-state index contributed by atoms with van der Waals surface area (Å²) in [5.41, 5.74) is -0.859. The Morgan fingerprint density at radius 1 is 1.13 bits per heavy atom. The van der Waals surface area contributed by atoms with Crippen molar-refractivity contribution >= 4 is 22.5 Å². The Bertz CT molecular complexity index is 1340. The number of carbonyl (C=O) groups excluding carboxylic acids is 1. The van der Waals surface area contributed by atoms with Gasteiger partial charge in [-0.2, -0.15) is 5.10 Å². The Labute approximate surface area is 218 Å². The Morgan fingerprint density at radius 3 is 2.39 bits per heavy atom. The van der Waals surface area contributed by atoms with Gasteiger partial charge in [0.05, 0.1) is 30.0 Å². The smallest absolute Gasteiger partial charge is 0.266 e. The molecule has 1 aliphatic heterocycles. The number of benzene rings is 2. The standard InChI is InChI=1S/C27H31F3N4O4/c1-14(17-6-5-7-18(23(17)28)24(29)30)31-25-20-12-21(22(38-4)13-19(20)15(2)32-33-25)27(37)8-10-34(11-9-27)26(36)16(3)35/h5-7,12-14,16,24,35,37H,8-11H2,1-4H3,(H,31,33)/t14-,16+/m1/s1. The number of alkyl halides is 2. The highest BCUT2D eigenvalue weighted by Gasteiger charge is 2.38. The summed E-state index contributed by atoms with van der Waals surface area (Å²) >= 11 is 0. The molecule has 11 heteroatoms. The van der Waals surface area contributed by atoms with E-state index in [0.29, 0.717) is 27.8 Å². The van der Waals surface area contributed by atoms with Crippen molar-refractivity contribution in [2.24, 2.45) is 0 Å². The van der Waals surface area contributed by atoms with Gasteiger partial charge in [-0.1, -0.05) is 18.2 Å². The number of amides is 1. The molecule has 1 fully saturated rings. The first-order chi connectivity index (χ1) is 18.0. The lowest BCUT2D eigenvalue weighted by atomic mass is 9.82. The number of piperidine rings is 1. The first-order valence-corrected chi connectivity index (χ1v) is 12.3. The van der Waals surface area contributed by atoms with Gasteiger partial charge in [0.15, 0.2) is 5.82 Å². The third-order valence-corrected chi connectivity index (χ3v) is 7.16. The zero-order chi connectivity index (χ0) is 27.8. The zero-order valence-electron chi connectivity index (χ0n) is 21.6. The van der Waals surface area contributed by atoms with E-state index in [1.165, 1.54) is 31.1 Å². The minimum Gasteiger partial charge on any atom is -0.496 e. The third-order valence-electron chi connectivity index (χ3n) is 7.16. The van der Waals surface area contributed by atoms with E-state index in [1.54, 1.807) is 26.0 Å². The second-order valence-electron chi connectivity index (χ2n) is 9.68. The van der Waals surface area contributed by atoms with Gasteiger partial charge in [0, 0.05) is 35.0 Å². The Kier molecular flexibility index (Phi) is 7.80. The molecule has 1 aromatic heterocycles. The maximum absolute atomic E-state index is 14.8. The first-order valence-electron chi connectivity index (χ1n) is 12.3. The summed E-state index contributed by atoms with van der Waals surface area (Å²) in [4.78, 5) is 13.7. The van der Waals surface area contributed by atoms with E-state index in [4.69, 9.17) is 4.74 Å². The van der Waals surface area contributed by atoms with Crippen LogP contribution in [-0.4, -0.2) is 57.5 Å². The molecule has 8 nitrogen and oxygen atoms in total. The van der Waals surface area contributed by atoms with Crippen molar-refractivity contribution in [1.82, 2.24) is 15.1 Å². The molecule has 2 heterocycles. The number of anilines is 1. The Balaban J connectivity index is 1.73.